The van der Waals surface area contributed by atoms with Gasteiger partial charge in [-0.2, -0.15) is 0 Å². The molecular formula is C30H20Cl2N2O2. The molecule has 0 bridgehead atoms. The maximum atomic E-state index is 11.5. The van der Waals surface area contributed by atoms with Crippen LogP contribution in [0.2, 0.25) is 10.0 Å². The molecular weight excluding hydrogens is 491 g/mol. The van der Waals surface area contributed by atoms with Crippen molar-refractivity contribution in [3.8, 4) is 28.2 Å². The molecule has 0 fully saturated rings. The van der Waals surface area contributed by atoms with Crippen LogP contribution in [0.25, 0.3) is 28.2 Å². The number of carboxylic acid groups (broad SMARTS) is 1. The number of aromatic carboxylic acids is 1. The van der Waals surface area contributed by atoms with Gasteiger partial charge in [-0.1, -0.05) is 83.9 Å². The van der Waals surface area contributed by atoms with Crippen molar-refractivity contribution < 1.29 is 9.90 Å². The highest BCUT2D eigenvalue weighted by atomic mass is 35.5. The monoisotopic (exact) mass is 510 g/mol. The predicted molar refractivity (Wildman–Crippen MR) is 147 cm³/mol. The summed E-state index contributed by atoms with van der Waals surface area (Å²) in [6.45, 7) is 0. The number of hydrogen-bond acceptors (Lipinski definition) is 2. The van der Waals surface area contributed by atoms with E-state index in [4.69, 9.17) is 23.2 Å². The van der Waals surface area contributed by atoms with Crippen molar-refractivity contribution in [2.75, 3.05) is 0 Å². The third kappa shape index (κ3) is 4.82. The molecule has 0 atom stereocenters. The van der Waals surface area contributed by atoms with Crippen LogP contribution in [0, 0.1) is 0 Å². The molecule has 0 saturated carbocycles. The molecule has 4 aromatic carbocycles. The van der Waals surface area contributed by atoms with Crippen molar-refractivity contribution in [3.63, 3.8) is 0 Å². The topological polar surface area (TPSA) is 54.6 Å². The summed E-state index contributed by atoms with van der Waals surface area (Å²) in [5.41, 5.74) is 6.34. The predicted octanol–water partition coefficient (Wildman–Crippen LogP) is 8.57. The standard InChI is InChI=1S/C30H20Cl2N2O2/c31-23-11-14-25(15-12-23)34-28(20-7-3-1-4-8-20)17-22(29(34)21-9-5-2-6-10-21)19-33-24-13-16-27(32)26(18-24)30(35)36/h1-19H,(H,35,36). The molecule has 5 aromatic rings. The van der Waals surface area contributed by atoms with Gasteiger partial charge in [-0.05, 0) is 59.7 Å². The van der Waals surface area contributed by atoms with Crippen LogP contribution in [-0.2, 0) is 0 Å². The summed E-state index contributed by atoms with van der Waals surface area (Å²) in [5.74, 6) is -1.10. The van der Waals surface area contributed by atoms with Gasteiger partial charge in [0.2, 0.25) is 0 Å². The van der Waals surface area contributed by atoms with E-state index in [1.807, 2.05) is 60.7 Å². The molecule has 1 heterocycles. The minimum atomic E-state index is -1.10. The molecule has 0 unspecified atom stereocenters. The Morgan fingerprint density at radius 2 is 1.42 bits per heavy atom. The van der Waals surface area contributed by atoms with Gasteiger partial charge in [0.1, 0.15) is 0 Å². The van der Waals surface area contributed by atoms with Gasteiger partial charge in [-0.15, -0.1) is 0 Å². The fourth-order valence-electron chi connectivity index (χ4n) is 4.10. The summed E-state index contributed by atoms with van der Waals surface area (Å²) < 4.78 is 2.19. The van der Waals surface area contributed by atoms with E-state index in [-0.39, 0.29) is 10.6 Å². The maximum Gasteiger partial charge on any atom is 0.337 e. The number of halogens is 2. The fraction of sp³-hybridized carbons (Fsp3) is 0. The van der Waals surface area contributed by atoms with Crippen molar-refractivity contribution in [1.82, 2.24) is 4.57 Å². The second-order valence-electron chi connectivity index (χ2n) is 8.10. The van der Waals surface area contributed by atoms with E-state index in [1.165, 1.54) is 6.07 Å². The normalized spacial score (nSPS) is 11.2. The van der Waals surface area contributed by atoms with E-state index in [0.717, 1.165) is 33.8 Å². The Kier molecular flexibility index (Phi) is 6.72. The molecule has 0 spiro atoms. The summed E-state index contributed by atoms with van der Waals surface area (Å²) in [6, 6.07) is 34.7. The number of aromatic nitrogens is 1. The lowest BCUT2D eigenvalue weighted by Gasteiger charge is -2.15. The average Bonchev–Trinajstić information content (AvgIpc) is 3.29. The second-order valence-corrected chi connectivity index (χ2v) is 8.95. The van der Waals surface area contributed by atoms with Crippen molar-refractivity contribution in [3.05, 3.63) is 130 Å². The lowest BCUT2D eigenvalue weighted by Crippen LogP contribution is -2.00. The molecule has 0 aliphatic heterocycles. The minimum absolute atomic E-state index is 0.0123. The van der Waals surface area contributed by atoms with Crippen molar-refractivity contribution in [2.24, 2.45) is 4.99 Å². The Balaban J connectivity index is 1.74. The molecule has 1 aromatic heterocycles. The molecule has 0 aliphatic carbocycles. The largest absolute Gasteiger partial charge is 0.478 e. The fourth-order valence-corrected chi connectivity index (χ4v) is 4.43. The Bertz CT molecular complexity index is 1560. The van der Waals surface area contributed by atoms with Gasteiger partial charge in [0.15, 0.2) is 0 Å². The van der Waals surface area contributed by atoms with Gasteiger partial charge in [-0.25, -0.2) is 4.79 Å². The van der Waals surface area contributed by atoms with E-state index in [9.17, 15) is 9.90 Å². The molecule has 36 heavy (non-hydrogen) atoms. The van der Waals surface area contributed by atoms with E-state index in [1.54, 1.807) is 18.3 Å². The third-order valence-electron chi connectivity index (χ3n) is 5.76. The highest BCUT2D eigenvalue weighted by molar-refractivity contribution is 6.33. The van der Waals surface area contributed by atoms with E-state index < -0.39 is 5.97 Å². The first-order valence-electron chi connectivity index (χ1n) is 11.2. The molecule has 1 N–H and O–H groups in total. The number of aliphatic imine (C=N–C) groups is 1. The Morgan fingerprint density at radius 3 is 2.06 bits per heavy atom. The first kappa shape index (κ1) is 23.6. The van der Waals surface area contributed by atoms with Gasteiger partial charge in [0.25, 0.3) is 0 Å². The zero-order chi connectivity index (χ0) is 25.1. The first-order valence-corrected chi connectivity index (χ1v) is 12.0. The van der Waals surface area contributed by atoms with Gasteiger partial charge >= 0.3 is 5.97 Å². The quantitative estimate of drug-likeness (QED) is 0.232. The van der Waals surface area contributed by atoms with Gasteiger partial charge in [-0.3, -0.25) is 4.99 Å². The smallest absolute Gasteiger partial charge is 0.337 e. The van der Waals surface area contributed by atoms with Crippen LogP contribution < -0.4 is 0 Å². The number of rotatable bonds is 6. The zero-order valence-electron chi connectivity index (χ0n) is 19.0. The van der Waals surface area contributed by atoms with Crippen LogP contribution in [0.1, 0.15) is 15.9 Å². The molecule has 0 aliphatic rings. The zero-order valence-corrected chi connectivity index (χ0v) is 20.5. The van der Waals surface area contributed by atoms with Gasteiger partial charge < -0.3 is 9.67 Å². The third-order valence-corrected chi connectivity index (χ3v) is 6.35. The van der Waals surface area contributed by atoms with Crippen LogP contribution in [-0.4, -0.2) is 21.9 Å². The number of carbonyl (C=O) groups is 1. The van der Waals surface area contributed by atoms with E-state index in [0.29, 0.717) is 10.7 Å². The molecule has 0 amide bonds. The van der Waals surface area contributed by atoms with Crippen molar-refractivity contribution in [1.29, 1.82) is 0 Å². The van der Waals surface area contributed by atoms with Crippen LogP contribution >= 0.6 is 23.2 Å². The molecule has 6 heteroatoms. The Morgan fingerprint density at radius 1 is 0.778 bits per heavy atom. The van der Waals surface area contributed by atoms with Crippen LogP contribution in [0.15, 0.2) is 114 Å². The van der Waals surface area contributed by atoms with Gasteiger partial charge in [0.05, 0.1) is 27.7 Å². The van der Waals surface area contributed by atoms with E-state index >= 15 is 0 Å². The van der Waals surface area contributed by atoms with Crippen LogP contribution in [0.4, 0.5) is 5.69 Å². The summed E-state index contributed by atoms with van der Waals surface area (Å²) in [7, 11) is 0. The second kappa shape index (κ2) is 10.2. The van der Waals surface area contributed by atoms with Crippen molar-refractivity contribution in [2.45, 2.75) is 0 Å². The SMILES string of the molecule is O=C(O)c1cc(N=Cc2cc(-c3ccccc3)n(-c3ccc(Cl)cc3)c2-c2ccccc2)ccc1Cl. The number of benzene rings is 4. The Hall–Kier alpha value is -4.12. The molecule has 0 radical (unpaired) electrons. The number of hydrogen-bond donors (Lipinski definition) is 1. The number of nitrogens with zero attached hydrogens (tertiary/aromatic N) is 2. The molecule has 0 saturated heterocycles. The minimum Gasteiger partial charge on any atom is -0.478 e. The van der Waals surface area contributed by atoms with Crippen molar-refractivity contribution >= 4 is 41.1 Å². The highest BCUT2D eigenvalue weighted by Crippen LogP contribution is 2.36. The maximum absolute atomic E-state index is 11.5. The van der Waals surface area contributed by atoms with E-state index in [2.05, 4.69) is 39.9 Å². The summed E-state index contributed by atoms with van der Waals surface area (Å²) >= 11 is 12.2. The molecule has 176 valence electrons. The lowest BCUT2D eigenvalue weighted by atomic mass is 10.1. The Labute approximate surface area is 218 Å². The van der Waals surface area contributed by atoms with Crippen LogP contribution in [0.3, 0.4) is 0 Å². The van der Waals surface area contributed by atoms with Gasteiger partial charge in [0, 0.05) is 22.5 Å². The lowest BCUT2D eigenvalue weighted by molar-refractivity contribution is 0.0697. The molecule has 5 rings (SSSR count). The highest BCUT2D eigenvalue weighted by Gasteiger charge is 2.19. The summed E-state index contributed by atoms with van der Waals surface area (Å²) in [4.78, 5) is 16.1. The van der Waals surface area contributed by atoms with Crippen LogP contribution in [0.5, 0.6) is 0 Å². The average molecular weight is 511 g/mol. The molecule has 4 nitrogen and oxygen atoms in total. The summed E-state index contributed by atoms with van der Waals surface area (Å²) in [6.07, 6.45) is 1.76. The number of carboxylic acids is 1. The summed E-state index contributed by atoms with van der Waals surface area (Å²) in [5, 5.41) is 10.3. The first-order chi connectivity index (χ1) is 17.5.